The molecule has 0 saturated heterocycles. The van der Waals surface area contributed by atoms with Gasteiger partial charge in [-0.05, 0) is 42.6 Å². The molecule has 0 radical (unpaired) electrons. The Morgan fingerprint density at radius 2 is 1.88 bits per heavy atom. The summed E-state index contributed by atoms with van der Waals surface area (Å²) in [4.78, 5) is 23.6. The van der Waals surface area contributed by atoms with Crippen LogP contribution in [0.2, 0.25) is 0 Å². The van der Waals surface area contributed by atoms with Crippen LogP contribution >= 0.6 is 11.3 Å². The number of carbonyl (C=O) groups is 2. The topological polar surface area (TPSA) is 55.4 Å². The zero-order chi connectivity index (χ0) is 18.4. The molecule has 0 fully saturated rings. The average Bonchev–Trinajstić information content (AvgIpc) is 3.08. The monoisotopic (exact) mass is 369 g/mol. The first kappa shape index (κ1) is 18.7. The molecule has 132 valence electrons. The van der Waals surface area contributed by atoms with Crippen molar-refractivity contribution in [3.05, 3.63) is 64.0 Å². The van der Waals surface area contributed by atoms with Gasteiger partial charge in [-0.2, -0.15) is 13.2 Å². The summed E-state index contributed by atoms with van der Waals surface area (Å²) in [5.41, 5.74) is -0.870. The molecule has 1 heterocycles. The second kappa shape index (κ2) is 7.98. The lowest BCUT2D eigenvalue weighted by atomic mass is 10.2. The number of esters is 1. The summed E-state index contributed by atoms with van der Waals surface area (Å²) in [5, 5.41) is 3.78. The lowest BCUT2D eigenvalue weighted by Gasteiger charge is -2.14. The molecular formula is C17H14F3NO3S. The van der Waals surface area contributed by atoms with Crippen molar-refractivity contribution in [3.8, 4) is 0 Å². The lowest BCUT2D eigenvalue weighted by Crippen LogP contribution is -2.20. The van der Waals surface area contributed by atoms with Gasteiger partial charge in [0, 0.05) is 11.8 Å². The zero-order valence-corrected chi connectivity index (χ0v) is 13.9. The summed E-state index contributed by atoms with van der Waals surface area (Å²) in [6.07, 6.45) is -4.21. The first-order valence-electron chi connectivity index (χ1n) is 7.22. The SMILES string of the molecule is CCOC(=O)c1ccc(NC(=CC(=O)c2cccs2)C(F)(F)F)cc1. The molecule has 8 heteroatoms. The standard InChI is InChI=1S/C17H14F3NO3S/c1-2-24-16(23)11-5-7-12(8-6-11)21-15(17(18,19)20)10-13(22)14-4-3-9-25-14/h3-10,21H,2H2,1H3. The number of hydrogen-bond acceptors (Lipinski definition) is 5. The second-order valence-electron chi connectivity index (χ2n) is 4.82. The number of benzene rings is 1. The van der Waals surface area contributed by atoms with Crippen LogP contribution in [0.25, 0.3) is 0 Å². The van der Waals surface area contributed by atoms with Gasteiger partial charge in [-0.25, -0.2) is 4.79 Å². The van der Waals surface area contributed by atoms with E-state index in [2.05, 4.69) is 5.32 Å². The largest absolute Gasteiger partial charge is 0.462 e. The number of ether oxygens (including phenoxy) is 1. The van der Waals surface area contributed by atoms with E-state index in [1.807, 2.05) is 0 Å². The highest BCUT2D eigenvalue weighted by molar-refractivity contribution is 7.12. The Labute approximate surface area is 145 Å². The number of anilines is 1. The fraction of sp³-hybridized carbons (Fsp3) is 0.176. The van der Waals surface area contributed by atoms with Crippen LogP contribution in [-0.4, -0.2) is 24.5 Å². The quantitative estimate of drug-likeness (QED) is 0.457. The summed E-state index contributed by atoms with van der Waals surface area (Å²) >= 11 is 1.06. The van der Waals surface area contributed by atoms with E-state index in [0.717, 1.165) is 11.3 Å². The summed E-state index contributed by atoms with van der Waals surface area (Å²) in [7, 11) is 0. The summed E-state index contributed by atoms with van der Waals surface area (Å²) in [6.45, 7) is 1.85. The van der Waals surface area contributed by atoms with Gasteiger partial charge in [0.1, 0.15) is 5.70 Å². The van der Waals surface area contributed by atoms with E-state index in [0.29, 0.717) is 6.08 Å². The van der Waals surface area contributed by atoms with Crippen molar-refractivity contribution in [2.45, 2.75) is 13.1 Å². The first-order valence-corrected chi connectivity index (χ1v) is 8.10. The number of carbonyl (C=O) groups excluding carboxylic acids is 2. The van der Waals surface area contributed by atoms with Gasteiger partial charge in [-0.15, -0.1) is 11.3 Å². The maximum absolute atomic E-state index is 13.2. The molecule has 25 heavy (non-hydrogen) atoms. The van der Waals surface area contributed by atoms with E-state index in [-0.39, 0.29) is 22.7 Å². The third kappa shape index (κ3) is 5.18. The van der Waals surface area contributed by atoms with E-state index in [9.17, 15) is 22.8 Å². The lowest BCUT2D eigenvalue weighted by molar-refractivity contribution is -0.0903. The predicted molar refractivity (Wildman–Crippen MR) is 88.8 cm³/mol. The zero-order valence-electron chi connectivity index (χ0n) is 13.1. The van der Waals surface area contributed by atoms with E-state index >= 15 is 0 Å². The Kier molecular flexibility index (Phi) is 5.97. The number of thiophene rings is 1. The molecule has 4 nitrogen and oxygen atoms in total. The smallest absolute Gasteiger partial charge is 0.431 e. The molecule has 0 saturated carbocycles. The van der Waals surface area contributed by atoms with Crippen molar-refractivity contribution < 1.29 is 27.5 Å². The number of alkyl halides is 3. The Balaban J connectivity index is 2.20. The molecule has 0 unspecified atom stereocenters. The average molecular weight is 369 g/mol. The molecule has 0 aliphatic heterocycles. The Bertz CT molecular complexity index is 765. The number of allylic oxidation sites excluding steroid dienone is 2. The maximum Gasteiger partial charge on any atom is 0.431 e. The van der Waals surface area contributed by atoms with Crippen LogP contribution < -0.4 is 5.32 Å². The van der Waals surface area contributed by atoms with Gasteiger partial charge < -0.3 is 10.1 Å². The summed E-state index contributed by atoms with van der Waals surface area (Å²) in [6, 6.07) is 8.33. The van der Waals surface area contributed by atoms with Gasteiger partial charge >= 0.3 is 12.1 Å². The number of halogens is 3. The number of hydrogen-bond donors (Lipinski definition) is 1. The summed E-state index contributed by atoms with van der Waals surface area (Å²) < 4.78 is 44.3. The second-order valence-corrected chi connectivity index (χ2v) is 5.77. The molecule has 1 aromatic carbocycles. The van der Waals surface area contributed by atoms with Crippen molar-refractivity contribution in [1.82, 2.24) is 0 Å². The van der Waals surface area contributed by atoms with Crippen molar-refractivity contribution in [1.29, 1.82) is 0 Å². The van der Waals surface area contributed by atoms with Gasteiger partial charge in [-0.1, -0.05) is 6.07 Å². The van der Waals surface area contributed by atoms with Crippen molar-refractivity contribution in [2.24, 2.45) is 0 Å². The molecule has 0 aliphatic rings. The van der Waals surface area contributed by atoms with E-state index in [1.54, 1.807) is 18.4 Å². The first-order chi connectivity index (χ1) is 11.8. The van der Waals surface area contributed by atoms with Gasteiger partial charge in [-0.3, -0.25) is 4.79 Å². The van der Waals surface area contributed by atoms with Crippen LogP contribution in [0.15, 0.2) is 53.6 Å². The van der Waals surface area contributed by atoms with E-state index < -0.39 is 23.6 Å². The minimum Gasteiger partial charge on any atom is -0.462 e. The number of ketones is 1. The third-order valence-corrected chi connectivity index (χ3v) is 3.90. The molecule has 2 rings (SSSR count). The Morgan fingerprint density at radius 3 is 2.40 bits per heavy atom. The Hall–Kier alpha value is -2.61. The summed E-state index contributed by atoms with van der Waals surface area (Å²) in [5.74, 6) is -1.30. The highest BCUT2D eigenvalue weighted by Crippen LogP contribution is 2.28. The van der Waals surface area contributed by atoms with Gasteiger partial charge in [0.2, 0.25) is 0 Å². The molecule has 0 amide bonds. The third-order valence-electron chi connectivity index (χ3n) is 3.02. The normalized spacial score (nSPS) is 11.9. The van der Waals surface area contributed by atoms with E-state index in [1.165, 1.54) is 30.3 Å². The molecule has 1 aromatic heterocycles. The van der Waals surface area contributed by atoms with Gasteiger partial charge in [0.25, 0.3) is 0 Å². The molecule has 0 spiro atoms. The van der Waals surface area contributed by atoms with Crippen LogP contribution in [0, 0.1) is 0 Å². The Morgan fingerprint density at radius 1 is 1.20 bits per heavy atom. The number of rotatable bonds is 6. The molecule has 2 aromatic rings. The van der Waals surface area contributed by atoms with Crippen LogP contribution in [0.5, 0.6) is 0 Å². The van der Waals surface area contributed by atoms with E-state index in [4.69, 9.17) is 4.74 Å². The molecular weight excluding hydrogens is 355 g/mol. The van der Waals surface area contributed by atoms with Gasteiger partial charge in [0.15, 0.2) is 5.78 Å². The van der Waals surface area contributed by atoms with Crippen LogP contribution in [0.3, 0.4) is 0 Å². The van der Waals surface area contributed by atoms with Crippen LogP contribution in [0.4, 0.5) is 18.9 Å². The van der Waals surface area contributed by atoms with Crippen molar-refractivity contribution in [3.63, 3.8) is 0 Å². The predicted octanol–water partition coefficient (Wildman–Crippen LogP) is 4.67. The molecule has 0 atom stereocenters. The molecule has 1 N–H and O–H groups in total. The van der Waals surface area contributed by atoms with Crippen LogP contribution in [0.1, 0.15) is 27.0 Å². The highest BCUT2D eigenvalue weighted by Gasteiger charge is 2.35. The van der Waals surface area contributed by atoms with Crippen LogP contribution in [-0.2, 0) is 4.74 Å². The fourth-order valence-electron chi connectivity index (χ4n) is 1.87. The number of nitrogens with one attached hydrogen (secondary N) is 1. The van der Waals surface area contributed by atoms with Crippen molar-refractivity contribution >= 4 is 28.8 Å². The maximum atomic E-state index is 13.2. The minimum atomic E-state index is -4.73. The fourth-order valence-corrected chi connectivity index (χ4v) is 2.51. The minimum absolute atomic E-state index is 0.0932. The van der Waals surface area contributed by atoms with Gasteiger partial charge in [0.05, 0.1) is 17.0 Å². The molecule has 0 aliphatic carbocycles. The molecule has 0 bridgehead atoms. The highest BCUT2D eigenvalue weighted by atomic mass is 32.1. The van der Waals surface area contributed by atoms with Crippen molar-refractivity contribution in [2.75, 3.05) is 11.9 Å².